The standard InChI is InChI=1S/C48H27F6N3/c49-47(50,51)29-18-21-38-35-11-3-6-14-41(35)55(44(38)23-29)31-25-32(56-42-15-7-4-12-36(42)39-22-19-30(24-45(39)56)48(52,53)54)27-33(26-31)57-43-16-8-5-13-37(43)40-20-17-28-9-1-2-10-34(28)46(40)57/h1-27H. The fourth-order valence-corrected chi connectivity index (χ4v) is 8.82. The summed E-state index contributed by atoms with van der Waals surface area (Å²) in [5, 5.41) is 6.84. The Morgan fingerprint density at radius 3 is 1.16 bits per heavy atom. The van der Waals surface area contributed by atoms with Gasteiger partial charge >= 0.3 is 12.4 Å². The monoisotopic (exact) mass is 759 g/mol. The minimum atomic E-state index is -4.59. The van der Waals surface area contributed by atoms with E-state index in [1.165, 1.54) is 24.3 Å². The molecule has 0 amide bonds. The Balaban J connectivity index is 1.33. The van der Waals surface area contributed by atoms with Crippen LogP contribution in [-0.2, 0) is 12.4 Å². The van der Waals surface area contributed by atoms with Crippen molar-refractivity contribution in [3.63, 3.8) is 0 Å². The SMILES string of the molecule is FC(F)(F)c1ccc2c3ccccc3n(-c3cc(-n4c5ccccc5c5ccc(C(F)(F)F)cc54)cc(-n4c5ccccc5c5ccc6ccccc6c54)c3)c2c1. The molecule has 0 bridgehead atoms. The van der Waals surface area contributed by atoms with Gasteiger partial charge in [-0.05, 0) is 66.0 Å². The third-order valence-corrected chi connectivity index (χ3v) is 11.2. The van der Waals surface area contributed by atoms with E-state index < -0.39 is 23.5 Å². The molecule has 0 spiro atoms. The first kappa shape index (κ1) is 33.3. The highest BCUT2D eigenvalue weighted by atomic mass is 19.4. The second kappa shape index (κ2) is 11.8. The van der Waals surface area contributed by atoms with Crippen molar-refractivity contribution in [2.45, 2.75) is 12.4 Å². The lowest BCUT2D eigenvalue weighted by molar-refractivity contribution is -0.138. The van der Waals surface area contributed by atoms with Gasteiger partial charge < -0.3 is 13.7 Å². The maximum atomic E-state index is 14.3. The number of hydrogen-bond donors (Lipinski definition) is 0. The zero-order chi connectivity index (χ0) is 38.8. The Morgan fingerprint density at radius 1 is 0.298 bits per heavy atom. The van der Waals surface area contributed by atoms with Crippen molar-refractivity contribution in [1.29, 1.82) is 0 Å². The lowest BCUT2D eigenvalue weighted by Crippen LogP contribution is -2.06. The average molecular weight is 760 g/mol. The molecule has 9 heteroatoms. The van der Waals surface area contributed by atoms with Crippen LogP contribution < -0.4 is 0 Å². The zero-order valence-corrected chi connectivity index (χ0v) is 29.7. The normalized spacial score (nSPS) is 12.7. The van der Waals surface area contributed by atoms with Gasteiger partial charge in [-0.2, -0.15) is 26.3 Å². The molecule has 11 aromatic rings. The first-order chi connectivity index (χ1) is 27.5. The van der Waals surface area contributed by atoms with Crippen LogP contribution >= 0.6 is 0 Å². The van der Waals surface area contributed by atoms with Crippen molar-refractivity contribution < 1.29 is 26.3 Å². The van der Waals surface area contributed by atoms with Gasteiger partial charge in [0, 0.05) is 37.7 Å². The molecule has 3 heterocycles. The van der Waals surface area contributed by atoms with Crippen LogP contribution in [0.25, 0.3) is 93.3 Å². The van der Waals surface area contributed by atoms with Crippen LogP contribution in [0.15, 0.2) is 164 Å². The summed E-state index contributed by atoms with van der Waals surface area (Å²) < 4.78 is 91.9. The molecule has 11 rings (SSSR count). The molecule has 0 aliphatic rings. The molecule has 0 radical (unpaired) electrons. The highest BCUT2D eigenvalue weighted by Crippen LogP contribution is 2.42. The maximum Gasteiger partial charge on any atom is 0.416 e. The lowest BCUT2D eigenvalue weighted by Gasteiger charge is -2.18. The van der Waals surface area contributed by atoms with Crippen molar-refractivity contribution in [3.05, 3.63) is 175 Å². The second-order valence-corrected chi connectivity index (χ2v) is 14.4. The summed E-state index contributed by atoms with van der Waals surface area (Å²) in [6.07, 6.45) is -9.18. The number of aromatic nitrogens is 3. The molecule has 0 aliphatic carbocycles. The first-order valence-electron chi connectivity index (χ1n) is 18.3. The molecule has 57 heavy (non-hydrogen) atoms. The molecule has 0 fully saturated rings. The molecule has 3 nitrogen and oxygen atoms in total. The van der Waals surface area contributed by atoms with E-state index in [4.69, 9.17) is 0 Å². The average Bonchev–Trinajstić information content (AvgIpc) is 3.85. The fourth-order valence-electron chi connectivity index (χ4n) is 8.82. The summed E-state index contributed by atoms with van der Waals surface area (Å²) in [6, 6.07) is 48.5. The third kappa shape index (κ3) is 4.94. The van der Waals surface area contributed by atoms with Gasteiger partial charge in [-0.15, -0.1) is 0 Å². The molecule has 0 N–H and O–H groups in total. The first-order valence-corrected chi connectivity index (χ1v) is 18.3. The van der Waals surface area contributed by atoms with Crippen molar-refractivity contribution in [1.82, 2.24) is 13.7 Å². The summed E-state index contributed by atoms with van der Waals surface area (Å²) in [7, 11) is 0. The van der Waals surface area contributed by atoms with Gasteiger partial charge in [0.2, 0.25) is 0 Å². The van der Waals surface area contributed by atoms with E-state index in [-0.39, 0.29) is 0 Å². The highest BCUT2D eigenvalue weighted by Gasteiger charge is 2.33. The number of benzene rings is 8. The Hall–Kier alpha value is -7.00. The van der Waals surface area contributed by atoms with Crippen LogP contribution in [-0.4, -0.2) is 13.7 Å². The molecular formula is C48H27F6N3. The Labute approximate surface area is 319 Å². The van der Waals surface area contributed by atoms with E-state index in [1.807, 2.05) is 112 Å². The minimum absolute atomic E-state index is 0.350. The fraction of sp³-hybridized carbons (Fsp3) is 0.0417. The van der Waals surface area contributed by atoms with Crippen LogP contribution in [0.5, 0.6) is 0 Å². The smallest absolute Gasteiger partial charge is 0.309 e. The molecular weight excluding hydrogens is 733 g/mol. The largest absolute Gasteiger partial charge is 0.416 e. The van der Waals surface area contributed by atoms with Gasteiger partial charge in [-0.25, -0.2) is 0 Å². The van der Waals surface area contributed by atoms with Crippen molar-refractivity contribution >= 4 is 76.2 Å². The Kier molecular flexibility index (Phi) is 6.88. The number of nitrogens with zero attached hydrogens (tertiary/aromatic N) is 3. The molecule has 0 saturated heterocycles. The number of fused-ring (bicyclic) bond motifs is 11. The molecule has 276 valence electrons. The van der Waals surface area contributed by atoms with E-state index in [0.29, 0.717) is 49.9 Å². The van der Waals surface area contributed by atoms with Gasteiger partial charge in [0.1, 0.15) is 0 Å². The van der Waals surface area contributed by atoms with E-state index in [0.717, 1.165) is 55.5 Å². The molecule has 0 atom stereocenters. The molecule has 0 saturated carbocycles. The minimum Gasteiger partial charge on any atom is -0.309 e. The van der Waals surface area contributed by atoms with Gasteiger partial charge in [-0.1, -0.05) is 103 Å². The number of para-hydroxylation sites is 3. The van der Waals surface area contributed by atoms with Crippen molar-refractivity contribution in [2.75, 3.05) is 0 Å². The van der Waals surface area contributed by atoms with E-state index in [2.05, 4.69) is 28.8 Å². The topological polar surface area (TPSA) is 14.8 Å². The highest BCUT2D eigenvalue weighted by molar-refractivity contribution is 6.19. The van der Waals surface area contributed by atoms with Crippen molar-refractivity contribution in [2.24, 2.45) is 0 Å². The van der Waals surface area contributed by atoms with Crippen LogP contribution in [0.3, 0.4) is 0 Å². The van der Waals surface area contributed by atoms with E-state index in [9.17, 15) is 26.3 Å². The quantitative estimate of drug-likeness (QED) is 0.159. The molecule has 3 aromatic heterocycles. The van der Waals surface area contributed by atoms with Gasteiger partial charge in [0.05, 0.1) is 61.3 Å². The van der Waals surface area contributed by atoms with Crippen LogP contribution in [0.4, 0.5) is 26.3 Å². The summed E-state index contributed by atoms with van der Waals surface area (Å²) in [5.41, 5.74) is 4.09. The number of halogens is 6. The second-order valence-electron chi connectivity index (χ2n) is 14.4. The van der Waals surface area contributed by atoms with Crippen LogP contribution in [0.1, 0.15) is 11.1 Å². The predicted molar refractivity (Wildman–Crippen MR) is 217 cm³/mol. The Bertz CT molecular complexity index is 3300. The summed E-state index contributed by atoms with van der Waals surface area (Å²) >= 11 is 0. The van der Waals surface area contributed by atoms with E-state index >= 15 is 0 Å². The summed E-state index contributed by atoms with van der Waals surface area (Å²) in [6.45, 7) is 0. The number of hydrogen-bond acceptors (Lipinski definition) is 0. The van der Waals surface area contributed by atoms with Crippen molar-refractivity contribution in [3.8, 4) is 17.1 Å². The summed E-state index contributed by atoms with van der Waals surface area (Å²) in [4.78, 5) is 0. The van der Waals surface area contributed by atoms with E-state index in [1.54, 1.807) is 0 Å². The van der Waals surface area contributed by atoms with Gasteiger partial charge in [0.15, 0.2) is 0 Å². The summed E-state index contributed by atoms with van der Waals surface area (Å²) in [5.74, 6) is 0. The number of rotatable bonds is 3. The van der Waals surface area contributed by atoms with Gasteiger partial charge in [-0.3, -0.25) is 0 Å². The number of alkyl halides is 6. The molecule has 0 unspecified atom stereocenters. The third-order valence-electron chi connectivity index (χ3n) is 11.2. The lowest BCUT2D eigenvalue weighted by atomic mass is 10.1. The Morgan fingerprint density at radius 2 is 0.667 bits per heavy atom. The van der Waals surface area contributed by atoms with Gasteiger partial charge in [0.25, 0.3) is 0 Å². The molecule has 0 aliphatic heterocycles. The maximum absolute atomic E-state index is 14.3. The van der Waals surface area contributed by atoms with Crippen LogP contribution in [0, 0.1) is 0 Å². The predicted octanol–water partition coefficient (Wildman–Crippen LogP) is 14.2. The zero-order valence-electron chi connectivity index (χ0n) is 29.7. The van der Waals surface area contributed by atoms with Crippen LogP contribution in [0.2, 0.25) is 0 Å². The molecule has 8 aromatic carbocycles.